The van der Waals surface area contributed by atoms with Crippen molar-refractivity contribution in [2.75, 3.05) is 13.2 Å². The number of rotatable bonds is 10. The second-order valence-corrected chi connectivity index (χ2v) is 4.92. The third kappa shape index (κ3) is 5.04. The number of hydrogen-bond donors (Lipinski definition) is 0. The van der Waals surface area contributed by atoms with E-state index in [0.717, 1.165) is 37.5 Å². The van der Waals surface area contributed by atoms with E-state index in [-0.39, 0.29) is 5.88 Å². The van der Waals surface area contributed by atoms with Gasteiger partial charge in [0.25, 0.3) is 0 Å². The summed E-state index contributed by atoms with van der Waals surface area (Å²) in [5, 5.41) is 0. The molecule has 0 atom stereocenters. The minimum absolute atomic E-state index is 0.267. The van der Waals surface area contributed by atoms with E-state index in [4.69, 9.17) is 21.1 Å². The number of carbonyl (C=O) groups excluding carboxylic acids is 1. The van der Waals surface area contributed by atoms with Crippen LogP contribution < -0.4 is 9.47 Å². The Labute approximate surface area is 126 Å². The van der Waals surface area contributed by atoms with Crippen molar-refractivity contribution in [2.45, 2.75) is 45.4 Å². The van der Waals surface area contributed by atoms with E-state index in [0.29, 0.717) is 30.3 Å². The van der Waals surface area contributed by atoms with E-state index in [1.165, 1.54) is 0 Å². The van der Waals surface area contributed by atoms with Crippen LogP contribution in [0.4, 0.5) is 0 Å². The van der Waals surface area contributed by atoms with E-state index >= 15 is 0 Å². The molecule has 4 heteroatoms. The highest BCUT2D eigenvalue weighted by Gasteiger charge is 2.12. The van der Waals surface area contributed by atoms with Crippen LogP contribution in [0.2, 0.25) is 0 Å². The molecule has 0 heterocycles. The first-order chi connectivity index (χ1) is 9.76. The predicted molar refractivity (Wildman–Crippen MR) is 82.2 cm³/mol. The normalized spacial score (nSPS) is 10.3. The molecule has 0 aromatic heterocycles. The summed E-state index contributed by atoms with van der Waals surface area (Å²) in [7, 11) is 0. The average molecular weight is 299 g/mol. The summed E-state index contributed by atoms with van der Waals surface area (Å²) in [5.41, 5.74) is 1.28. The van der Waals surface area contributed by atoms with Crippen molar-refractivity contribution in [1.29, 1.82) is 0 Å². The Morgan fingerprint density at radius 3 is 2.30 bits per heavy atom. The van der Waals surface area contributed by atoms with E-state index in [2.05, 4.69) is 13.8 Å². The van der Waals surface area contributed by atoms with E-state index < -0.39 is 0 Å². The molecule has 1 rings (SSSR count). The Kier molecular flexibility index (Phi) is 8.12. The van der Waals surface area contributed by atoms with E-state index in [1.807, 2.05) is 6.07 Å². The standard InChI is InChI=1S/C16H23ClO3/c1-3-5-7-19-14-9-13(11-17)15(12-18)16(10-14)20-8-6-4-2/h9-10,12H,3-8,11H2,1-2H3. The Bertz CT molecular complexity index is 418. The Balaban J connectivity index is 2.91. The average Bonchev–Trinajstić information content (AvgIpc) is 2.47. The van der Waals surface area contributed by atoms with Crippen LogP contribution in [0.5, 0.6) is 11.5 Å². The fraction of sp³-hybridized carbons (Fsp3) is 0.562. The van der Waals surface area contributed by atoms with Crippen LogP contribution in [0.25, 0.3) is 0 Å². The smallest absolute Gasteiger partial charge is 0.154 e. The third-order valence-corrected chi connectivity index (χ3v) is 3.27. The highest BCUT2D eigenvalue weighted by atomic mass is 35.5. The van der Waals surface area contributed by atoms with Gasteiger partial charge in [-0.3, -0.25) is 4.79 Å². The molecular weight excluding hydrogens is 276 g/mol. The molecule has 0 unspecified atom stereocenters. The van der Waals surface area contributed by atoms with Gasteiger partial charge in [-0.25, -0.2) is 0 Å². The minimum atomic E-state index is 0.267. The highest BCUT2D eigenvalue weighted by molar-refractivity contribution is 6.17. The number of alkyl halides is 1. The summed E-state index contributed by atoms with van der Waals surface area (Å²) >= 11 is 5.91. The lowest BCUT2D eigenvalue weighted by molar-refractivity contribution is 0.111. The lowest BCUT2D eigenvalue weighted by atomic mass is 10.1. The molecule has 0 saturated heterocycles. The van der Waals surface area contributed by atoms with Crippen LogP contribution in [0, 0.1) is 0 Å². The molecule has 0 bridgehead atoms. The largest absolute Gasteiger partial charge is 0.493 e. The number of hydrogen-bond acceptors (Lipinski definition) is 3. The molecule has 0 fully saturated rings. The maximum Gasteiger partial charge on any atom is 0.154 e. The summed E-state index contributed by atoms with van der Waals surface area (Å²) in [4.78, 5) is 11.2. The first-order valence-corrected chi connectivity index (χ1v) is 7.73. The summed E-state index contributed by atoms with van der Waals surface area (Å²) in [6.45, 7) is 5.46. The second-order valence-electron chi connectivity index (χ2n) is 4.65. The Morgan fingerprint density at radius 2 is 1.75 bits per heavy atom. The summed E-state index contributed by atoms with van der Waals surface area (Å²) < 4.78 is 11.4. The third-order valence-electron chi connectivity index (χ3n) is 2.99. The van der Waals surface area contributed by atoms with Gasteiger partial charge in [0.15, 0.2) is 6.29 Å². The van der Waals surface area contributed by atoms with Gasteiger partial charge >= 0.3 is 0 Å². The van der Waals surface area contributed by atoms with Crippen LogP contribution in [0.1, 0.15) is 55.5 Å². The maximum absolute atomic E-state index is 11.2. The van der Waals surface area contributed by atoms with Gasteiger partial charge in [0.2, 0.25) is 0 Å². The predicted octanol–water partition coefficient (Wildman–Crippen LogP) is 4.60. The van der Waals surface area contributed by atoms with Crippen molar-refractivity contribution in [3.8, 4) is 11.5 Å². The molecule has 0 aliphatic carbocycles. The molecule has 0 amide bonds. The first kappa shape index (κ1) is 16.8. The number of halogens is 1. The number of unbranched alkanes of at least 4 members (excludes halogenated alkanes) is 2. The lowest BCUT2D eigenvalue weighted by Crippen LogP contribution is -2.04. The molecule has 3 nitrogen and oxygen atoms in total. The molecule has 0 aliphatic heterocycles. The maximum atomic E-state index is 11.2. The van der Waals surface area contributed by atoms with Gasteiger partial charge in [0.1, 0.15) is 11.5 Å². The fourth-order valence-electron chi connectivity index (χ4n) is 1.76. The number of carbonyl (C=O) groups is 1. The SMILES string of the molecule is CCCCOc1cc(CCl)c(C=O)c(OCCCC)c1. The molecule has 0 spiro atoms. The van der Waals surface area contributed by atoms with E-state index in [9.17, 15) is 4.79 Å². The fourth-order valence-corrected chi connectivity index (χ4v) is 1.99. The second kappa shape index (κ2) is 9.65. The molecule has 112 valence electrons. The zero-order chi connectivity index (χ0) is 14.8. The van der Waals surface area contributed by atoms with Crippen LogP contribution in [0.15, 0.2) is 12.1 Å². The van der Waals surface area contributed by atoms with Crippen molar-refractivity contribution in [3.63, 3.8) is 0 Å². The molecule has 20 heavy (non-hydrogen) atoms. The topological polar surface area (TPSA) is 35.5 Å². The molecule has 1 aromatic rings. The van der Waals surface area contributed by atoms with Crippen LogP contribution in [0.3, 0.4) is 0 Å². The van der Waals surface area contributed by atoms with Crippen molar-refractivity contribution in [1.82, 2.24) is 0 Å². The van der Waals surface area contributed by atoms with Crippen molar-refractivity contribution in [3.05, 3.63) is 23.3 Å². The summed E-state index contributed by atoms with van der Waals surface area (Å²) in [6.07, 6.45) is 4.88. The molecular formula is C16H23ClO3. The number of aldehydes is 1. The van der Waals surface area contributed by atoms with E-state index in [1.54, 1.807) is 6.07 Å². The molecule has 1 aromatic carbocycles. The summed E-state index contributed by atoms with van der Waals surface area (Å²) in [5.74, 6) is 1.55. The molecule has 0 N–H and O–H groups in total. The number of benzene rings is 1. The van der Waals surface area contributed by atoms with Crippen molar-refractivity contribution >= 4 is 17.9 Å². The van der Waals surface area contributed by atoms with Gasteiger partial charge in [0.05, 0.1) is 18.8 Å². The van der Waals surface area contributed by atoms with Crippen LogP contribution >= 0.6 is 11.6 Å². The Morgan fingerprint density at radius 1 is 1.10 bits per heavy atom. The zero-order valence-corrected chi connectivity index (χ0v) is 13.0. The first-order valence-electron chi connectivity index (χ1n) is 7.20. The summed E-state index contributed by atoms with van der Waals surface area (Å²) in [6, 6.07) is 3.60. The number of ether oxygens (including phenoxy) is 2. The van der Waals surface area contributed by atoms with Gasteiger partial charge in [-0.1, -0.05) is 26.7 Å². The lowest BCUT2D eigenvalue weighted by Gasteiger charge is -2.14. The Hall–Kier alpha value is -1.22. The molecule has 0 saturated carbocycles. The highest BCUT2D eigenvalue weighted by Crippen LogP contribution is 2.29. The van der Waals surface area contributed by atoms with Gasteiger partial charge < -0.3 is 9.47 Å². The van der Waals surface area contributed by atoms with Crippen molar-refractivity contribution < 1.29 is 14.3 Å². The zero-order valence-electron chi connectivity index (χ0n) is 12.3. The quantitative estimate of drug-likeness (QED) is 0.360. The monoisotopic (exact) mass is 298 g/mol. The van der Waals surface area contributed by atoms with Gasteiger partial charge in [0, 0.05) is 11.9 Å². The van der Waals surface area contributed by atoms with Gasteiger partial charge in [-0.2, -0.15) is 0 Å². The molecule has 0 radical (unpaired) electrons. The van der Waals surface area contributed by atoms with Crippen LogP contribution in [-0.4, -0.2) is 19.5 Å². The molecule has 0 aliphatic rings. The van der Waals surface area contributed by atoms with Crippen LogP contribution in [-0.2, 0) is 5.88 Å². The minimum Gasteiger partial charge on any atom is -0.493 e. The van der Waals surface area contributed by atoms with Gasteiger partial charge in [-0.15, -0.1) is 11.6 Å². The van der Waals surface area contributed by atoms with Gasteiger partial charge in [-0.05, 0) is 24.5 Å². The van der Waals surface area contributed by atoms with Crippen molar-refractivity contribution in [2.24, 2.45) is 0 Å².